The van der Waals surface area contributed by atoms with Gasteiger partial charge in [-0.2, -0.15) is 0 Å². The van der Waals surface area contributed by atoms with E-state index >= 15 is 0 Å². The molecule has 100 valence electrons. The number of ether oxygens (including phenoxy) is 1. The summed E-state index contributed by atoms with van der Waals surface area (Å²) in [6, 6.07) is 6.46. The molecule has 18 heavy (non-hydrogen) atoms. The van der Waals surface area contributed by atoms with E-state index in [1.165, 1.54) is 19.3 Å². The van der Waals surface area contributed by atoms with Crippen LogP contribution < -0.4 is 15.8 Å². The summed E-state index contributed by atoms with van der Waals surface area (Å²) in [4.78, 5) is 0. The van der Waals surface area contributed by atoms with Gasteiger partial charge in [0.1, 0.15) is 5.75 Å². The lowest BCUT2D eigenvalue weighted by Gasteiger charge is -2.16. The van der Waals surface area contributed by atoms with E-state index < -0.39 is 0 Å². The summed E-state index contributed by atoms with van der Waals surface area (Å²) in [7, 11) is 0. The van der Waals surface area contributed by atoms with Gasteiger partial charge >= 0.3 is 0 Å². The van der Waals surface area contributed by atoms with Gasteiger partial charge in [-0.15, -0.1) is 0 Å². The van der Waals surface area contributed by atoms with Gasteiger partial charge in [-0.3, -0.25) is 0 Å². The molecule has 1 aliphatic carbocycles. The first-order chi connectivity index (χ1) is 8.69. The molecule has 3 nitrogen and oxygen atoms in total. The molecule has 1 saturated carbocycles. The summed E-state index contributed by atoms with van der Waals surface area (Å²) in [6.07, 6.45) is 5.06. The Morgan fingerprint density at radius 1 is 1.44 bits per heavy atom. The fourth-order valence-corrected chi connectivity index (χ4v) is 2.16. The molecule has 2 rings (SSSR count). The van der Waals surface area contributed by atoms with E-state index in [0.29, 0.717) is 18.3 Å². The van der Waals surface area contributed by atoms with Crippen molar-refractivity contribution >= 4 is 11.4 Å². The van der Waals surface area contributed by atoms with Crippen molar-refractivity contribution in [1.82, 2.24) is 0 Å². The molecule has 0 saturated heterocycles. The molecule has 0 bridgehead atoms. The molecule has 1 atom stereocenters. The zero-order chi connectivity index (χ0) is 13.0. The molecular formula is C15H24N2O. The number of anilines is 2. The number of hydrogen-bond acceptors (Lipinski definition) is 3. The van der Waals surface area contributed by atoms with E-state index in [-0.39, 0.29) is 0 Å². The smallest absolute Gasteiger partial charge is 0.144 e. The normalized spacial score (nSPS) is 16.3. The minimum Gasteiger partial charge on any atom is -0.491 e. The van der Waals surface area contributed by atoms with Gasteiger partial charge in [0.15, 0.2) is 0 Å². The van der Waals surface area contributed by atoms with Crippen LogP contribution in [0.2, 0.25) is 0 Å². The first-order valence-corrected chi connectivity index (χ1v) is 6.98. The van der Waals surface area contributed by atoms with Crippen LogP contribution >= 0.6 is 0 Å². The number of nitrogen functional groups attached to an aromatic ring is 1. The third kappa shape index (κ3) is 3.83. The SMILES string of the molecule is CCCOc1cc(NC(C)CC2CC2)ccc1N. The van der Waals surface area contributed by atoms with E-state index in [9.17, 15) is 0 Å². The van der Waals surface area contributed by atoms with Crippen LogP contribution in [0.1, 0.15) is 39.5 Å². The average molecular weight is 248 g/mol. The van der Waals surface area contributed by atoms with Crippen molar-refractivity contribution in [3.8, 4) is 5.75 Å². The Hall–Kier alpha value is -1.38. The second-order valence-electron chi connectivity index (χ2n) is 5.33. The minimum atomic E-state index is 0.514. The van der Waals surface area contributed by atoms with Crippen LogP contribution in [-0.4, -0.2) is 12.6 Å². The largest absolute Gasteiger partial charge is 0.491 e. The van der Waals surface area contributed by atoms with Crippen molar-refractivity contribution in [3.05, 3.63) is 18.2 Å². The summed E-state index contributed by atoms with van der Waals surface area (Å²) in [5.74, 6) is 1.73. The Morgan fingerprint density at radius 3 is 2.89 bits per heavy atom. The summed E-state index contributed by atoms with van der Waals surface area (Å²) >= 11 is 0. The van der Waals surface area contributed by atoms with Crippen molar-refractivity contribution in [2.24, 2.45) is 5.92 Å². The summed E-state index contributed by atoms with van der Waals surface area (Å²) < 4.78 is 5.64. The molecule has 0 aromatic heterocycles. The second kappa shape index (κ2) is 5.98. The predicted octanol–water partition coefficient (Wildman–Crippen LogP) is 3.66. The molecule has 1 unspecified atom stereocenters. The van der Waals surface area contributed by atoms with Crippen LogP contribution in [0.15, 0.2) is 18.2 Å². The monoisotopic (exact) mass is 248 g/mol. The lowest BCUT2D eigenvalue weighted by Crippen LogP contribution is -2.15. The molecule has 0 radical (unpaired) electrons. The Kier molecular flexibility index (Phi) is 4.34. The van der Waals surface area contributed by atoms with E-state index in [1.54, 1.807) is 0 Å². The molecule has 1 aromatic carbocycles. The summed E-state index contributed by atoms with van der Waals surface area (Å²) in [5, 5.41) is 3.52. The van der Waals surface area contributed by atoms with Crippen LogP contribution in [0.3, 0.4) is 0 Å². The molecule has 0 amide bonds. The van der Waals surface area contributed by atoms with Crippen molar-refractivity contribution in [2.45, 2.75) is 45.6 Å². The van der Waals surface area contributed by atoms with Crippen molar-refractivity contribution in [1.29, 1.82) is 0 Å². The zero-order valence-electron chi connectivity index (χ0n) is 11.4. The van der Waals surface area contributed by atoms with Crippen LogP contribution in [0, 0.1) is 5.92 Å². The third-order valence-corrected chi connectivity index (χ3v) is 3.27. The van der Waals surface area contributed by atoms with Gasteiger partial charge in [-0.05, 0) is 37.8 Å². The fraction of sp³-hybridized carbons (Fsp3) is 0.600. The number of nitrogens with two attached hydrogens (primary N) is 1. The van der Waals surface area contributed by atoms with Gasteiger partial charge in [0, 0.05) is 17.8 Å². The maximum absolute atomic E-state index is 5.90. The number of nitrogens with one attached hydrogen (secondary N) is 1. The molecule has 1 aromatic rings. The van der Waals surface area contributed by atoms with Gasteiger partial charge in [0.05, 0.1) is 12.3 Å². The third-order valence-electron chi connectivity index (χ3n) is 3.27. The van der Waals surface area contributed by atoms with E-state index in [0.717, 1.165) is 23.8 Å². The first-order valence-electron chi connectivity index (χ1n) is 6.98. The van der Waals surface area contributed by atoms with Crippen LogP contribution in [0.4, 0.5) is 11.4 Å². The van der Waals surface area contributed by atoms with Gasteiger partial charge < -0.3 is 15.8 Å². The maximum Gasteiger partial charge on any atom is 0.144 e. The van der Waals surface area contributed by atoms with Gasteiger partial charge in [0.25, 0.3) is 0 Å². The number of rotatable bonds is 7. The highest BCUT2D eigenvalue weighted by atomic mass is 16.5. The van der Waals surface area contributed by atoms with Gasteiger partial charge in [-0.1, -0.05) is 19.8 Å². The Labute approximate surface area is 110 Å². The Bertz CT molecular complexity index is 388. The molecule has 3 N–H and O–H groups in total. The van der Waals surface area contributed by atoms with Crippen LogP contribution in [0.25, 0.3) is 0 Å². The number of benzene rings is 1. The zero-order valence-corrected chi connectivity index (χ0v) is 11.4. The van der Waals surface area contributed by atoms with Crippen LogP contribution in [-0.2, 0) is 0 Å². The average Bonchev–Trinajstić information content (AvgIpc) is 3.13. The van der Waals surface area contributed by atoms with Crippen molar-refractivity contribution < 1.29 is 4.74 Å². The first kappa shape index (κ1) is 13.1. The van der Waals surface area contributed by atoms with Crippen LogP contribution in [0.5, 0.6) is 5.75 Å². The molecule has 1 aliphatic rings. The predicted molar refractivity (Wildman–Crippen MR) is 77.1 cm³/mol. The fourth-order valence-electron chi connectivity index (χ4n) is 2.16. The van der Waals surface area contributed by atoms with Crippen molar-refractivity contribution in [2.75, 3.05) is 17.7 Å². The number of hydrogen-bond donors (Lipinski definition) is 2. The van der Waals surface area contributed by atoms with E-state index in [4.69, 9.17) is 10.5 Å². The summed E-state index contributed by atoms with van der Waals surface area (Å²) in [6.45, 7) is 5.04. The second-order valence-corrected chi connectivity index (χ2v) is 5.33. The highest BCUT2D eigenvalue weighted by molar-refractivity contribution is 5.61. The molecule has 0 aliphatic heterocycles. The quantitative estimate of drug-likeness (QED) is 0.724. The lowest BCUT2D eigenvalue weighted by atomic mass is 10.1. The standard InChI is InChI=1S/C15H24N2O/c1-3-8-18-15-10-13(6-7-14(15)16)17-11(2)9-12-4-5-12/h6-7,10-12,17H,3-5,8-9,16H2,1-2H3. The topological polar surface area (TPSA) is 47.3 Å². The van der Waals surface area contributed by atoms with Crippen molar-refractivity contribution in [3.63, 3.8) is 0 Å². The summed E-state index contributed by atoms with van der Waals surface area (Å²) in [5.41, 5.74) is 7.71. The molecule has 1 fully saturated rings. The van der Waals surface area contributed by atoms with E-state index in [1.807, 2.05) is 18.2 Å². The molecule has 3 heteroatoms. The molecule has 0 heterocycles. The molecular weight excluding hydrogens is 224 g/mol. The minimum absolute atomic E-state index is 0.514. The van der Waals surface area contributed by atoms with Gasteiger partial charge in [0.2, 0.25) is 0 Å². The Morgan fingerprint density at radius 2 is 2.22 bits per heavy atom. The highest BCUT2D eigenvalue weighted by Crippen LogP contribution is 2.34. The molecule has 0 spiro atoms. The maximum atomic E-state index is 5.90. The highest BCUT2D eigenvalue weighted by Gasteiger charge is 2.23. The van der Waals surface area contributed by atoms with E-state index in [2.05, 4.69) is 19.2 Å². The van der Waals surface area contributed by atoms with Gasteiger partial charge in [-0.25, -0.2) is 0 Å². The lowest BCUT2D eigenvalue weighted by molar-refractivity contribution is 0.319. The Balaban J connectivity index is 1.94.